The summed E-state index contributed by atoms with van der Waals surface area (Å²) in [4.78, 5) is 2.42. The van der Waals surface area contributed by atoms with Crippen LogP contribution in [0.4, 0.5) is 0 Å². The molecule has 0 bridgehead atoms. The third-order valence-corrected chi connectivity index (χ3v) is 3.94. The number of rotatable bonds is 1. The van der Waals surface area contributed by atoms with Gasteiger partial charge in [0.05, 0.1) is 11.9 Å². The lowest BCUT2D eigenvalue weighted by Crippen LogP contribution is -2.18. The number of hydrogen-bond acceptors (Lipinski definition) is 3. The van der Waals surface area contributed by atoms with Crippen LogP contribution in [0.25, 0.3) is 10.8 Å². The smallest absolute Gasteiger partial charge is 0.0740 e. The van der Waals surface area contributed by atoms with Crippen LogP contribution in [0.2, 0.25) is 0 Å². The number of benzene rings is 1. The van der Waals surface area contributed by atoms with E-state index in [-0.39, 0.29) is 0 Å². The maximum absolute atomic E-state index is 4.43. The molecule has 1 aliphatic heterocycles. The monoisotopic (exact) mass is 241 g/mol. The van der Waals surface area contributed by atoms with Gasteiger partial charge in [-0.15, -0.1) is 0 Å². The van der Waals surface area contributed by atoms with Crippen molar-refractivity contribution < 1.29 is 0 Å². The third kappa shape index (κ3) is 2.23. The first-order valence-corrected chi connectivity index (χ1v) is 6.73. The normalized spacial score (nSPS) is 21.9. The van der Waals surface area contributed by atoms with Crippen LogP contribution in [0.15, 0.2) is 30.5 Å². The highest BCUT2D eigenvalue weighted by Gasteiger charge is 2.19. The minimum atomic E-state index is 0.563. The third-order valence-electron chi connectivity index (χ3n) is 3.94. The van der Waals surface area contributed by atoms with E-state index in [4.69, 9.17) is 0 Å². The molecule has 1 fully saturated rings. The first-order chi connectivity index (χ1) is 8.84. The van der Waals surface area contributed by atoms with Crippen LogP contribution in [0.1, 0.15) is 30.9 Å². The van der Waals surface area contributed by atoms with Crippen molar-refractivity contribution in [1.82, 2.24) is 15.1 Å². The Kier molecular flexibility index (Phi) is 3.24. The molecule has 3 nitrogen and oxygen atoms in total. The van der Waals surface area contributed by atoms with Gasteiger partial charge >= 0.3 is 0 Å². The van der Waals surface area contributed by atoms with Crippen molar-refractivity contribution >= 4 is 10.8 Å². The predicted molar refractivity (Wildman–Crippen MR) is 73.6 cm³/mol. The number of aromatic nitrogens is 2. The van der Waals surface area contributed by atoms with Gasteiger partial charge in [0.2, 0.25) is 0 Å². The molecule has 2 heterocycles. The molecule has 1 unspecified atom stereocenters. The summed E-state index contributed by atoms with van der Waals surface area (Å²) in [6, 6.07) is 8.45. The molecule has 3 rings (SSSR count). The standard InChI is InChI=1S/C15H19N3/c1-18-9-4-6-12(8-10-18)15-14-7-3-2-5-13(14)11-16-17-15/h2-3,5,7,11-12H,4,6,8-10H2,1H3. The molecule has 2 aromatic rings. The van der Waals surface area contributed by atoms with E-state index in [1.807, 2.05) is 6.20 Å². The zero-order valence-electron chi connectivity index (χ0n) is 10.8. The summed E-state index contributed by atoms with van der Waals surface area (Å²) in [6.07, 6.45) is 5.54. The molecule has 0 N–H and O–H groups in total. The van der Waals surface area contributed by atoms with Gasteiger partial charge in [0.25, 0.3) is 0 Å². The fraction of sp³-hybridized carbons (Fsp3) is 0.467. The summed E-state index contributed by atoms with van der Waals surface area (Å²) in [5.41, 5.74) is 1.20. The van der Waals surface area contributed by atoms with Gasteiger partial charge in [-0.3, -0.25) is 0 Å². The van der Waals surface area contributed by atoms with Crippen molar-refractivity contribution in [3.63, 3.8) is 0 Å². The molecule has 94 valence electrons. The van der Waals surface area contributed by atoms with E-state index in [1.165, 1.54) is 42.3 Å². The molecule has 0 aliphatic carbocycles. The predicted octanol–water partition coefficient (Wildman–Crippen LogP) is 2.83. The van der Waals surface area contributed by atoms with Crippen LogP contribution in [0, 0.1) is 0 Å². The second-order valence-electron chi connectivity index (χ2n) is 5.25. The Morgan fingerprint density at radius 3 is 3.00 bits per heavy atom. The first kappa shape index (κ1) is 11.6. The fourth-order valence-electron chi connectivity index (χ4n) is 2.86. The second-order valence-corrected chi connectivity index (χ2v) is 5.25. The average molecular weight is 241 g/mol. The van der Waals surface area contributed by atoms with Gasteiger partial charge < -0.3 is 4.90 Å². The maximum atomic E-state index is 4.43. The number of hydrogen-bond donors (Lipinski definition) is 0. The van der Waals surface area contributed by atoms with E-state index in [1.54, 1.807) is 0 Å². The molecule has 0 amide bonds. The Morgan fingerprint density at radius 1 is 1.17 bits per heavy atom. The van der Waals surface area contributed by atoms with E-state index < -0.39 is 0 Å². The molecular weight excluding hydrogens is 222 g/mol. The highest BCUT2D eigenvalue weighted by molar-refractivity contribution is 5.83. The second kappa shape index (κ2) is 5.02. The number of nitrogens with zero attached hydrogens (tertiary/aromatic N) is 3. The number of fused-ring (bicyclic) bond motifs is 1. The van der Waals surface area contributed by atoms with E-state index in [0.717, 1.165) is 6.54 Å². The average Bonchev–Trinajstić information content (AvgIpc) is 2.63. The van der Waals surface area contributed by atoms with Crippen LogP contribution in [-0.2, 0) is 0 Å². The zero-order chi connectivity index (χ0) is 12.4. The molecule has 1 aromatic carbocycles. The molecular formula is C15H19N3. The molecule has 1 aromatic heterocycles. The Morgan fingerprint density at radius 2 is 2.06 bits per heavy atom. The van der Waals surface area contributed by atoms with Crippen LogP contribution in [-0.4, -0.2) is 35.2 Å². The summed E-state index contributed by atoms with van der Waals surface area (Å²) < 4.78 is 0. The lowest BCUT2D eigenvalue weighted by molar-refractivity contribution is 0.347. The largest absolute Gasteiger partial charge is 0.306 e. The molecule has 1 saturated heterocycles. The first-order valence-electron chi connectivity index (χ1n) is 6.73. The summed E-state index contributed by atoms with van der Waals surface area (Å²) in [6.45, 7) is 2.37. The SMILES string of the molecule is CN1CCCC(c2nncc3ccccc23)CC1. The fourth-order valence-corrected chi connectivity index (χ4v) is 2.86. The Bertz CT molecular complexity index is 533. The van der Waals surface area contributed by atoms with Crippen LogP contribution < -0.4 is 0 Å². The number of likely N-dealkylation sites (tertiary alicyclic amines) is 1. The van der Waals surface area contributed by atoms with Crippen molar-refractivity contribution in [2.24, 2.45) is 0 Å². The van der Waals surface area contributed by atoms with Gasteiger partial charge in [-0.05, 0) is 39.4 Å². The topological polar surface area (TPSA) is 29.0 Å². The molecule has 1 aliphatic rings. The Balaban J connectivity index is 1.98. The Hall–Kier alpha value is -1.48. The molecule has 0 saturated carbocycles. The molecule has 18 heavy (non-hydrogen) atoms. The van der Waals surface area contributed by atoms with Crippen LogP contribution >= 0.6 is 0 Å². The Labute approximate surface area is 108 Å². The lowest BCUT2D eigenvalue weighted by atomic mass is 9.93. The van der Waals surface area contributed by atoms with Crippen molar-refractivity contribution in [2.75, 3.05) is 20.1 Å². The lowest BCUT2D eigenvalue weighted by Gasteiger charge is -2.15. The van der Waals surface area contributed by atoms with Gasteiger partial charge in [-0.25, -0.2) is 0 Å². The minimum absolute atomic E-state index is 0.563. The highest BCUT2D eigenvalue weighted by Crippen LogP contribution is 2.30. The zero-order valence-corrected chi connectivity index (χ0v) is 10.8. The van der Waals surface area contributed by atoms with Crippen molar-refractivity contribution in [2.45, 2.75) is 25.2 Å². The van der Waals surface area contributed by atoms with Crippen molar-refractivity contribution in [1.29, 1.82) is 0 Å². The highest BCUT2D eigenvalue weighted by atomic mass is 15.1. The summed E-state index contributed by atoms with van der Waals surface area (Å²) >= 11 is 0. The van der Waals surface area contributed by atoms with Crippen LogP contribution in [0.5, 0.6) is 0 Å². The maximum Gasteiger partial charge on any atom is 0.0740 e. The van der Waals surface area contributed by atoms with Crippen LogP contribution in [0.3, 0.4) is 0 Å². The molecule has 3 heteroatoms. The molecule has 0 spiro atoms. The van der Waals surface area contributed by atoms with E-state index >= 15 is 0 Å². The molecule has 1 atom stereocenters. The van der Waals surface area contributed by atoms with E-state index in [0.29, 0.717) is 5.92 Å². The van der Waals surface area contributed by atoms with Gasteiger partial charge in [0, 0.05) is 16.7 Å². The quantitative estimate of drug-likeness (QED) is 0.768. The van der Waals surface area contributed by atoms with Gasteiger partial charge in [0.15, 0.2) is 0 Å². The summed E-state index contributed by atoms with van der Waals surface area (Å²) in [7, 11) is 2.21. The van der Waals surface area contributed by atoms with Gasteiger partial charge in [-0.1, -0.05) is 24.3 Å². The van der Waals surface area contributed by atoms with Gasteiger partial charge in [-0.2, -0.15) is 10.2 Å². The van der Waals surface area contributed by atoms with Gasteiger partial charge in [0.1, 0.15) is 0 Å². The molecule has 0 radical (unpaired) electrons. The van der Waals surface area contributed by atoms with Crippen molar-refractivity contribution in [3.05, 3.63) is 36.2 Å². The van der Waals surface area contributed by atoms with Crippen molar-refractivity contribution in [3.8, 4) is 0 Å². The van der Waals surface area contributed by atoms with E-state index in [9.17, 15) is 0 Å². The van der Waals surface area contributed by atoms with E-state index in [2.05, 4.69) is 46.4 Å². The summed E-state index contributed by atoms with van der Waals surface area (Å²) in [5.74, 6) is 0.563. The summed E-state index contributed by atoms with van der Waals surface area (Å²) in [5, 5.41) is 11.1. The minimum Gasteiger partial charge on any atom is -0.306 e.